The lowest BCUT2D eigenvalue weighted by Crippen LogP contribution is -2.36. The molecule has 3 nitrogen and oxygen atoms in total. The second-order valence-electron chi connectivity index (χ2n) is 3.88. The van der Waals surface area contributed by atoms with E-state index in [1.807, 2.05) is 19.1 Å². The molecule has 0 heterocycles. The first-order chi connectivity index (χ1) is 6.39. The summed E-state index contributed by atoms with van der Waals surface area (Å²) in [5.41, 5.74) is 0.485. The van der Waals surface area contributed by atoms with Crippen LogP contribution in [0.15, 0.2) is 24.3 Å². The van der Waals surface area contributed by atoms with Gasteiger partial charge in [-0.05, 0) is 32.9 Å². The molecule has 1 amide bonds. The van der Waals surface area contributed by atoms with Gasteiger partial charge in [0, 0.05) is 5.69 Å². The summed E-state index contributed by atoms with van der Waals surface area (Å²) in [5, 5.41) is 12.0. The Labute approximate surface area is 83.8 Å². The molecule has 76 valence electrons. The molecule has 0 bridgehead atoms. The molecule has 0 aliphatic rings. The van der Waals surface area contributed by atoms with Crippen molar-refractivity contribution in [2.45, 2.75) is 26.4 Å². The van der Waals surface area contributed by atoms with Gasteiger partial charge in [0.25, 0.3) is 5.91 Å². The van der Waals surface area contributed by atoms with E-state index in [2.05, 4.69) is 5.32 Å². The van der Waals surface area contributed by atoms with E-state index in [1.165, 1.54) is 13.8 Å². The van der Waals surface area contributed by atoms with Crippen molar-refractivity contribution in [3.8, 4) is 0 Å². The lowest BCUT2D eigenvalue weighted by molar-refractivity contribution is -0.130. The SMILES string of the molecule is Cc1ccc(NC(=O)C(C)(C)O)cc1. The molecule has 0 fully saturated rings. The second-order valence-corrected chi connectivity index (χ2v) is 3.88. The first-order valence-corrected chi connectivity index (χ1v) is 4.50. The Morgan fingerprint density at radius 3 is 2.21 bits per heavy atom. The molecule has 0 radical (unpaired) electrons. The van der Waals surface area contributed by atoms with E-state index in [9.17, 15) is 9.90 Å². The zero-order valence-corrected chi connectivity index (χ0v) is 8.66. The van der Waals surface area contributed by atoms with E-state index in [4.69, 9.17) is 0 Å². The van der Waals surface area contributed by atoms with E-state index in [1.54, 1.807) is 12.1 Å². The third-order valence-corrected chi connectivity index (χ3v) is 1.87. The predicted molar refractivity (Wildman–Crippen MR) is 56.1 cm³/mol. The van der Waals surface area contributed by atoms with Gasteiger partial charge in [0.15, 0.2) is 0 Å². The van der Waals surface area contributed by atoms with Crippen molar-refractivity contribution in [1.82, 2.24) is 0 Å². The topological polar surface area (TPSA) is 49.3 Å². The van der Waals surface area contributed by atoms with Gasteiger partial charge in [-0.15, -0.1) is 0 Å². The van der Waals surface area contributed by atoms with Crippen LogP contribution in [0.4, 0.5) is 5.69 Å². The van der Waals surface area contributed by atoms with Gasteiger partial charge < -0.3 is 10.4 Å². The molecular formula is C11H15NO2. The van der Waals surface area contributed by atoms with E-state index >= 15 is 0 Å². The van der Waals surface area contributed by atoms with Crippen LogP contribution in [-0.4, -0.2) is 16.6 Å². The first kappa shape index (κ1) is 10.7. The van der Waals surface area contributed by atoms with Gasteiger partial charge in [-0.3, -0.25) is 4.79 Å². The maximum absolute atomic E-state index is 11.4. The molecule has 0 saturated carbocycles. The van der Waals surface area contributed by atoms with Crippen molar-refractivity contribution in [1.29, 1.82) is 0 Å². The number of nitrogens with one attached hydrogen (secondary N) is 1. The molecular weight excluding hydrogens is 178 g/mol. The van der Waals surface area contributed by atoms with Crippen LogP contribution in [0.3, 0.4) is 0 Å². The minimum atomic E-state index is -1.34. The van der Waals surface area contributed by atoms with Crippen LogP contribution >= 0.6 is 0 Å². The minimum Gasteiger partial charge on any atom is -0.381 e. The third kappa shape index (κ3) is 2.85. The van der Waals surface area contributed by atoms with Crippen LogP contribution in [0.5, 0.6) is 0 Å². The molecule has 0 aromatic heterocycles. The van der Waals surface area contributed by atoms with Gasteiger partial charge in [-0.2, -0.15) is 0 Å². The number of aryl methyl sites for hydroxylation is 1. The van der Waals surface area contributed by atoms with Crippen molar-refractivity contribution in [3.63, 3.8) is 0 Å². The number of rotatable bonds is 2. The molecule has 3 heteroatoms. The van der Waals surface area contributed by atoms with E-state index < -0.39 is 11.5 Å². The van der Waals surface area contributed by atoms with Gasteiger partial charge in [-0.1, -0.05) is 17.7 Å². The summed E-state index contributed by atoms with van der Waals surface area (Å²) in [4.78, 5) is 11.4. The highest BCUT2D eigenvalue weighted by molar-refractivity contribution is 5.96. The number of amides is 1. The quantitative estimate of drug-likeness (QED) is 0.751. The van der Waals surface area contributed by atoms with Crippen molar-refractivity contribution >= 4 is 11.6 Å². The van der Waals surface area contributed by atoms with Crippen molar-refractivity contribution < 1.29 is 9.90 Å². The summed E-state index contributed by atoms with van der Waals surface area (Å²) in [6.07, 6.45) is 0. The molecule has 0 saturated heterocycles. The largest absolute Gasteiger partial charge is 0.381 e. The highest BCUT2D eigenvalue weighted by Crippen LogP contribution is 2.11. The van der Waals surface area contributed by atoms with E-state index in [0.717, 1.165) is 5.56 Å². The minimum absolute atomic E-state index is 0.402. The number of aliphatic hydroxyl groups is 1. The smallest absolute Gasteiger partial charge is 0.255 e. The predicted octanol–water partition coefficient (Wildman–Crippen LogP) is 1.70. The van der Waals surface area contributed by atoms with Crippen LogP contribution < -0.4 is 5.32 Å². The summed E-state index contributed by atoms with van der Waals surface area (Å²) < 4.78 is 0. The second kappa shape index (κ2) is 3.80. The Morgan fingerprint density at radius 1 is 1.29 bits per heavy atom. The Kier molecular flexibility index (Phi) is 2.91. The van der Waals surface area contributed by atoms with Crippen LogP contribution in [0.25, 0.3) is 0 Å². The van der Waals surface area contributed by atoms with Crippen molar-refractivity contribution in [3.05, 3.63) is 29.8 Å². The number of anilines is 1. The van der Waals surface area contributed by atoms with E-state index in [0.29, 0.717) is 5.69 Å². The van der Waals surface area contributed by atoms with E-state index in [-0.39, 0.29) is 0 Å². The maximum atomic E-state index is 11.4. The fraction of sp³-hybridized carbons (Fsp3) is 0.364. The highest BCUT2D eigenvalue weighted by Gasteiger charge is 2.23. The zero-order valence-electron chi connectivity index (χ0n) is 8.66. The van der Waals surface area contributed by atoms with Gasteiger partial charge in [0.05, 0.1) is 0 Å². The Morgan fingerprint density at radius 2 is 1.79 bits per heavy atom. The summed E-state index contributed by atoms with van der Waals surface area (Å²) in [7, 11) is 0. The lowest BCUT2D eigenvalue weighted by Gasteiger charge is -2.16. The fourth-order valence-corrected chi connectivity index (χ4v) is 0.921. The van der Waals surface area contributed by atoms with Crippen LogP contribution in [-0.2, 0) is 4.79 Å². The van der Waals surface area contributed by atoms with Gasteiger partial charge in [0.1, 0.15) is 5.60 Å². The number of hydrogen-bond donors (Lipinski definition) is 2. The molecule has 1 aromatic rings. The molecule has 1 aromatic carbocycles. The zero-order chi connectivity index (χ0) is 10.8. The van der Waals surface area contributed by atoms with Crippen molar-refractivity contribution in [2.75, 3.05) is 5.32 Å². The molecule has 0 spiro atoms. The standard InChI is InChI=1S/C11H15NO2/c1-8-4-6-9(7-5-8)12-10(13)11(2,3)14/h4-7,14H,1-3H3,(H,12,13). The van der Waals surface area contributed by atoms with Gasteiger partial charge in [0.2, 0.25) is 0 Å². The molecule has 0 unspecified atom stereocenters. The molecule has 2 N–H and O–H groups in total. The first-order valence-electron chi connectivity index (χ1n) is 4.50. The average molecular weight is 193 g/mol. The normalized spacial score (nSPS) is 11.1. The van der Waals surface area contributed by atoms with Crippen LogP contribution in [0, 0.1) is 6.92 Å². The summed E-state index contributed by atoms with van der Waals surface area (Å²) in [6.45, 7) is 4.88. The lowest BCUT2D eigenvalue weighted by atomic mass is 10.1. The van der Waals surface area contributed by atoms with Crippen LogP contribution in [0.1, 0.15) is 19.4 Å². The third-order valence-electron chi connectivity index (χ3n) is 1.87. The number of carbonyl (C=O) groups is 1. The maximum Gasteiger partial charge on any atom is 0.255 e. The highest BCUT2D eigenvalue weighted by atomic mass is 16.3. The number of hydrogen-bond acceptors (Lipinski definition) is 2. The van der Waals surface area contributed by atoms with Crippen molar-refractivity contribution in [2.24, 2.45) is 0 Å². The van der Waals surface area contributed by atoms with Gasteiger partial charge in [-0.25, -0.2) is 0 Å². The number of benzene rings is 1. The summed E-state index contributed by atoms with van der Waals surface area (Å²) in [6, 6.07) is 7.41. The fourth-order valence-electron chi connectivity index (χ4n) is 0.921. The summed E-state index contributed by atoms with van der Waals surface area (Å²) >= 11 is 0. The summed E-state index contributed by atoms with van der Waals surface area (Å²) in [5.74, 6) is -0.402. The average Bonchev–Trinajstić information content (AvgIpc) is 2.07. The number of carbonyl (C=O) groups excluding carboxylic acids is 1. The molecule has 1 rings (SSSR count). The molecule has 0 aliphatic heterocycles. The van der Waals surface area contributed by atoms with Crippen LogP contribution in [0.2, 0.25) is 0 Å². The Bertz CT molecular complexity index is 322. The molecule has 14 heavy (non-hydrogen) atoms. The monoisotopic (exact) mass is 193 g/mol. The Balaban J connectivity index is 2.71. The molecule has 0 aliphatic carbocycles. The Hall–Kier alpha value is -1.35. The van der Waals surface area contributed by atoms with Gasteiger partial charge >= 0.3 is 0 Å². The molecule has 0 atom stereocenters.